The fourth-order valence-electron chi connectivity index (χ4n) is 1.89. The molecule has 0 saturated carbocycles. The van der Waals surface area contributed by atoms with E-state index in [0.29, 0.717) is 37.0 Å². The Hall–Kier alpha value is -0.910. The summed E-state index contributed by atoms with van der Waals surface area (Å²) in [6, 6.07) is 5.30. The molecule has 4 nitrogen and oxygen atoms in total. The quantitative estimate of drug-likeness (QED) is 0.687. The van der Waals surface area contributed by atoms with Crippen LogP contribution in [-0.4, -0.2) is 42.4 Å². The van der Waals surface area contributed by atoms with Crippen molar-refractivity contribution in [1.29, 1.82) is 0 Å². The Labute approximate surface area is 122 Å². The van der Waals surface area contributed by atoms with Crippen LogP contribution in [-0.2, 0) is 9.53 Å². The zero-order valence-corrected chi connectivity index (χ0v) is 12.3. The van der Waals surface area contributed by atoms with Gasteiger partial charge >= 0.3 is 0 Å². The van der Waals surface area contributed by atoms with Gasteiger partial charge in [0.15, 0.2) is 0 Å². The summed E-state index contributed by atoms with van der Waals surface area (Å²) in [5.41, 5.74) is 6.54. The highest BCUT2D eigenvalue weighted by Crippen LogP contribution is 2.31. The number of nitrogens with zero attached hydrogens (tertiary/aromatic N) is 1. The number of ether oxygens (including phenoxy) is 1. The number of nitrogens with two attached hydrogens (primary N) is 1. The van der Waals surface area contributed by atoms with Crippen molar-refractivity contribution in [1.82, 2.24) is 4.90 Å². The first-order chi connectivity index (χ1) is 9.08. The summed E-state index contributed by atoms with van der Waals surface area (Å²) in [5.74, 6) is 0.118. The molecule has 1 fully saturated rings. The third-order valence-electron chi connectivity index (χ3n) is 2.95. The highest BCUT2D eigenvalue weighted by atomic mass is 35.5. The predicted octanol–water partition coefficient (Wildman–Crippen LogP) is 2.26. The second kappa shape index (κ2) is 6.50. The predicted molar refractivity (Wildman–Crippen MR) is 78.6 cm³/mol. The minimum atomic E-state index is -0.182. The number of carbonyl (C=O) groups excluding carboxylic acids is 1. The van der Waals surface area contributed by atoms with E-state index in [1.807, 2.05) is 11.8 Å². The number of amides is 1. The normalized spacial score (nSPS) is 17.3. The first kappa shape index (κ1) is 14.5. The molecule has 0 bridgehead atoms. The molecule has 6 heteroatoms. The van der Waals surface area contributed by atoms with Gasteiger partial charge in [0.05, 0.1) is 18.5 Å². The Morgan fingerprint density at radius 2 is 2.16 bits per heavy atom. The van der Waals surface area contributed by atoms with Gasteiger partial charge in [0.2, 0.25) is 5.91 Å². The van der Waals surface area contributed by atoms with E-state index in [0.717, 1.165) is 4.90 Å². The molecule has 104 valence electrons. The van der Waals surface area contributed by atoms with Gasteiger partial charge in [-0.15, -0.1) is 11.8 Å². The summed E-state index contributed by atoms with van der Waals surface area (Å²) in [6.45, 7) is 4.44. The van der Waals surface area contributed by atoms with Crippen molar-refractivity contribution in [3.63, 3.8) is 0 Å². The Morgan fingerprint density at radius 1 is 1.47 bits per heavy atom. The van der Waals surface area contributed by atoms with Crippen molar-refractivity contribution in [2.75, 3.05) is 32.0 Å². The van der Waals surface area contributed by atoms with Crippen molar-refractivity contribution in [3.05, 3.63) is 23.2 Å². The summed E-state index contributed by atoms with van der Waals surface area (Å²) >= 11 is 7.39. The fourth-order valence-corrected chi connectivity index (χ4v) is 3.16. The molecule has 2 rings (SSSR count). The van der Waals surface area contributed by atoms with Gasteiger partial charge in [0.1, 0.15) is 0 Å². The van der Waals surface area contributed by atoms with E-state index < -0.39 is 0 Å². The van der Waals surface area contributed by atoms with Crippen LogP contribution < -0.4 is 5.73 Å². The molecule has 1 atom stereocenters. The number of hydrogen-bond donors (Lipinski definition) is 1. The van der Waals surface area contributed by atoms with Crippen molar-refractivity contribution in [2.45, 2.75) is 17.1 Å². The van der Waals surface area contributed by atoms with Crippen molar-refractivity contribution in [3.8, 4) is 0 Å². The average molecular weight is 301 g/mol. The maximum Gasteiger partial charge on any atom is 0.235 e. The molecule has 0 spiro atoms. The Kier molecular flexibility index (Phi) is 4.96. The van der Waals surface area contributed by atoms with Gasteiger partial charge < -0.3 is 15.4 Å². The van der Waals surface area contributed by atoms with E-state index in [1.165, 1.54) is 11.8 Å². The zero-order valence-electron chi connectivity index (χ0n) is 10.8. The summed E-state index contributed by atoms with van der Waals surface area (Å²) in [5, 5.41) is 0.446. The van der Waals surface area contributed by atoms with Crippen molar-refractivity contribution < 1.29 is 9.53 Å². The molecule has 1 aliphatic heterocycles. The van der Waals surface area contributed by atoms with Crippen molar-refractivity contribution in [2.24, 2.45) is 0 Å². The number of thioether (sulfide) groups is 1. The smallest absolute Gasteiger partial charge is 0.235 e. The molecule has 19 heavy (non-hydrogen) atoms. The first-order valence-corrected chi connectivity index (χ1v) is 7.42. The highest BCUT2D eigenvalue weighted by molar-refractivity contribution is 8.00. The summed E-state index contributed by atoms with van der Waals surface area (Å²) in [7, 11) is 0. The van der Waals surface area contributed by atoms with E-state index >= 15 is 0 Å². The van der Waals surface area contributed by atoms with Gasteiger partial charge in [0, 0.05) is 28.7 Å². The van der Waals surface area contributed by atoms with Crippen LogP contribution in [0, 0.1) is 0 Å². The second-order valence-electron chi connectivity index (χ2n) is 4.38. The molecule has 1 heterocycles. The van der Waals surface area contributed by atoms with Crippen LogP contribution in [0.4, 0.5) is 5.69 Å². The Bertz CT molecular complexity index is 464. The molecule has 0 aliphatic carbocycles. The minimum absolute atomic E-state index is 0.118. The van der Waals surface area contributed by atoms with E-state index in [-0.39, 0.29) is 11.2 Å². The van der Waals surface area contributed by atoms with Crippen LogP contribution in [0.1, 0.15) is 6.92 Å². The second-order valence-corrected chi connectivity index (χ2v) is 6.20. The number of morpholine rings is 1. The Morgan fingerprint density at radius 3 is 2.84 bits per heavy atom. The number of halogens is 1. The lowest BCUT2D eigenvalue weighted by Crippen LogP contribution is -2.44. The molecule has 1 aromatic rings. The third kappa shape index (κ3) is 3.78. The number of carbonyl (C=O) groups is 1. The fraction of sp³-hybridized carbons (Fsp3) is 0.462. The number of benzene rings is 1. The Balaban J connectivity index is 2.01. The summed E-state index contributed by atoms with van der Waals surface area (Å²) < 4.78 is 5.24. The van der Waals surface area contributed by atoms with E-state index in [9.17, 15) is 4.79 Å². The lowest BCUT2D eigenvalue weighted by atomic mass is 10.3. The van der Waals surface area contributed by atoms with E-state index in [2.05, 4.69) is 0 Å². The summed E-state index contributed by atoms with van der Waals surface area (Å²) in [4.78, 5) is 15.0. The number of nitrogen functional groups attached to an aromatic ring is 1. The lowest BCUT2D eigenvalue weighted by molar-refractivity contribution is -0.134. The largest absolute Gasteiger partial charge is 0.398 e. The highest BCUT2D eigenvalue weighted by Gasteiger charge is 2.23. The van der Waals surface area contributed by atoms with Crippen LogP contribution in [0.15, 0.2) is 23.1 Å². The maximum atomic E-state index is 12.3. The number of rotatable bonds is 3. The molecule has 1 aromatic carbocycles. The van der Waals surface area contributed by atoms with Crippen LogP contribution in [0.25, 0.3) is 0 Å². The molecule has 0 radical (unpaired) electrons. The van der Waals surface area contributed by atoms with Gasteiger partial charge in [-0.1, -0.05) is 11.6 Å². The SMILES string of the molecule is CC(Sc1cc(Cl)ccc1N)C(=O)N1CCOCC1. The molecular formula is C13H17ClN2O2S. The standard InChI is InChI=1S/C13H17ClN2O2S/c1-9(13(17)16-4-6-18-7-5-16)19-12-8-10(14)2-3-11(12)15/h2-3,8-9H,4-7,15H2,1H3. The van der Waals surface area contributed by atoms with Gasteiger partial charge in [-0.25, -0.2) is 0 Å². The van der Waals surface area contributed by atoms with Crippen LogP contribution in [0.2, 0.25) is 5.02 Å². The third-order valence-corrected chi connectivity index (χ3v) is 4.35. The molecule has 1 unspecified atom stereocenters. The molecule has 1 amide bonds. The number of anilines is 1. The van der Waals surface area contributed by atoms with Gasteiger partial charge in [-0.2, -0.15) is 0 Å². The molecular weight excluding hydrogens is 284 g/mol. The van der Waals surface area contributed by atoms with Crippen molar-refractivity contribution >= 4 is 35.0 Å². The van der Waals surface area contributed by atoms with E-state index in [4.69, 9.17) is 22.1 Å². The molecule has 1 aliphatic rings. The molecule has 1 saturated heterocycles. The minimum Gasteiger partial charge on any atom is -0.398 e. The molecule has 2 N–H and O–H groups in total. The van der Waals surface area contributed by atoms with Gasteiger partial charge in [-0.3, -0.25) is 4.79 Å². The first-order valence-electron chi connectivity index (χ1n) is 6.16. The number of hydrogen-bond acceptors (Lipinski definition) is 4. The maximum absolute atomic E-state index is 12.3. The zero-order chi connectivity index (χ0) is 13.8. The lowest BCUT2D eigenvalue weighted by Gasteiger charge is -2.29. The van der Waals surface area contributed by atoms with Crippen LogP contribution in [0.5, 0.6) is 0 Å². The monoisotopic (exact) mass is 300 g/mol. The van der Waals surface area contributed by atoms with Gasteiger partial charge in [0.25, 0.3) is 0 Å². The van der Waals surface area contributed by atoms with Crippen LogP contribution in [0.3, 0.4) is 0 Å². The average Bonchev–Trinajstić information content (AvgIpc) is 2.43. The van der Waals surface area contributed by atoms with E-state index in [1.54, 1.807) is 18.2 Å². The topological polar surface area (TPSA) is 55.6 Å². The van der Waals surface area contributed by atoms with Crippen LogP contribution >= 0.6 is 23.4 Å². The van der Waals surface area contributed by atoms with Gasteiger partial charge in [-0.05, 0) is 25.1 Å². The molecule has 0 aromatic heterocycles. The summed E-state index contributed by atoms with van der Waals surface area (Å²) in [6.07, 6.45) is 0.